The Morgan fingerprint density at radius 2 is 2.21 bits per heavy atom. The van der Waals surface area contributed by atoms with Crippen molar-refractivity contribution in [2.45, 2.75) is 30.6 Å². The van der Waals surface area contributed by atoms with Crippen molar-refractivity contribution in [2.75, 3.05) is 4.72 Å². The van der Waals surface area contributed by atoms with Crippen molar-refractivity contribution >= 4 is 43.3 Å². The SMILES string of the molecule is Cc1sc(Br)cc1S(=O)(=O)Nc1nnc(C2CC2)o1. The highest BCUT2D eigenvalue weighted by molar-refractivity contribution is 9.11. The molecule has 0 atom stereocenters. The van der Waals surface area contributed by atoms with Gasteiger partial charge in [-0.15, -0.1) is 16.4 Å². The Kier molecular flexibility index (Phi) is 3.14. The van der Waals surface area contributed by atoms with E-state index in [1.54, 1.807) is 13.0 Å². The summed E-state index contributed by atoms with van der Waals surface area (Å²) >= 11 is 4.62. The number of aromatic nitrogens is 2. The second-order valence-corrected chi connectivity index (χ2v) is 8.58. The average Bonchev–Trinajstić information content (AvgIpc) is 2.97. The van der Waals surface area contributed by atoms with E-state index in [4.69, 9.17) is 4.42 Å². The molecule has 2 aromatic heterocycles. The zero-order chi connectivity index (χ0) is 13.6. The first-order valence-corrected chi connectivity index (χ1v) is 8.67. The minimum atomic E-state index is -3.68. The molecule has 102 valence electrons. The number of halogens is 1. The summed E-state index contributed by atoms with van der Waals surface area (Å²) < 4.78 is 32.7. The summed E-state index contributed by atoms with van der Waals surface area (Å²) in [5, 5.41) is 7.54. The number of rotatable bonds is 4. The van der Waals surface area contributed by atoms with Crippen molar-refractivity contribution < 1.29 is 12.8 Å². The summed E-state index contributed by atoms with van der Waals surface area (Å²) in [4.78, 5) is 0.914. The molecule has 3 rings (SSSR count). The first kappa shape index (κ1) is 13.1. The van der Waals surface area contributed by atoms with Crippen LogP contribution in [0.1, 0.15) is 29.5 Å². The predicted octanol–water partition coefficient (Wildman–Crippen LogP) is 2.88. The maximum atomic E-state index is 12.2. The van der Waals surface area contributed by atoms with E-state index < -0.39 is 10.0 Å². The summed E-state index contributed by atoms with van der Waals surface area (Å²) in [6.07, 6.45) is 2.04. The third-order valence-electron chi connectivity index (χ3n) is 2.72. The van der Waals surface area contributed by atoms with E-state index in [9.17, 15) is 8.42 Å². The molecule has 1 aliphatic carbocycles. The third kappa shape index (κ3) is 2.67. The van der Waals surface area contributed by atoms with Gasteiger partial charge in [0.25, 0.3) is 10.0 Å². The lowest BCUT2D eigenvalue weighted by atomic mass is 10.4. The van der Waals surface area contributed by atoms with Gasteiger partial charge in [-0.3, -0.25) is 0 Å². The van der Waals surface area contributed by atoms with E-state index in [2.05, 4.69) is 30.8 Å². The van der Waals surface area contributed by atoms with Crippen molar-refractivity contribution in [2.24, 2.45) is 0 Å². The van der Waals surface area contributed by atoms with E-state index in [1.807, 2.05) is 0 Å². The second kappa shape index (κ2) is 4.57. The first-order chi connectivity index (χ1) is 8.95. The number of aryl methyl sites for hydroxylation is 1. The summed E-state index contributed by atoms with van der Waals surface area (Å²) in [7, 11) is -3.68. The Balaban J connectivity index is 1.86. The minimum absolute atomic E-state index is 0.0800. The summed E-state index contributed by atoms with van der Waals surface area (Å²) in [6, 6.07) is 1.48. The fraction of sp³-hybridized carbons (Fsp3) is 0.400. The van der Waals surface area contributed by atoms with Crippen molar-refractivity contribution in [3.8, 4) is 0 Å². The highest BCUT2D eigenvalue weighted by atomic mass is 79.9. The predicted molar refractivity (Wildman–Crippen MR) is 73.8 cm³/mol. The Bertz CT molecular complexity index is 718. The molecule has 19 heavy (non-hydrogen) atoms. The van der Waals surface area contributed by atoms with Crippen LogP contribution in [0.3, 0.4) is 0 Å². The Labute approximate surface area is 122 Å². The molecular formula is C10H10BrN3O3S2. The van der Waals surface area contributed by atoms with E-state index in [0.717, 1.165) is 16.6 Å². The molecule has 0 radical (unpaired) electrons. The van der Waals surface area contributed by atoms with Crippen LogP contribution < -0.4 is 4.72 Å². The van der Waals surface area contributed by atoms with Crippen LogP contribution in [0.25, 0.3) is 0 Å². The van der Waals surface area contributed by atoms with Gasteiger partial charge in [-0.05, 0) is 41.8 Å². The maximum Gasteiger partial charge on any atom is 0.329 e. The monoisotopic (exact) mass is 363 g/mol. The van der Waals surface area contributed by atoms with Gasteiger partial charge in [-0.25, -0.2) is 13.1 Å². The minimum Gasteiger partial charge on any atom is -0.407 e. The van der Waals surface area contributed by atoms with Gasteiger partial charge < -0.3 is 4.42 Å². The quantitative estimate of drug-likeness (QED) is 0.902. The Morgan fingerprint density at radius 3 is 2.79 bits per heavy atom. The molecule has 0 aliphatic heterocycles. The van der Waals surface area contributed by atoms with E-state index in [-0.39, 0.29) is 10.9 Å². The summed E-state index contributed by atoms with van der Waals surface area (Å²) in [5.74, 6) is 0.795. The molecule has 0 bridgehead atoms. The van der Waals surface area contributed by atoms with Crippen molar-refractivity contribution in [1.82, 2.24) is 10.2 Å². The van der Waals surface area contributed by atoms with Gasteiger partial charge in [-0.1, -0.05) is 5.10 Å². The summed E-state index contributed by atoms with van der Waals surface area (Å²) in [6.45, 7) is 1.74. The van der Waals surface area contributed by atoms with Crippen molar-refractivity contribution in [3.05, 3.63) is 20.6 Å². The van der Waals surface area contributed by atoms with Crippen molar-refractivity contribution in [1.29, 1.82) is 0 Å². The highest BCUT2D eigenvalue weighted by Gasteiger charge is 2.30. The molecule has 0 unspecified atom stereocenters. The standard InChI is InChI=1S/C10H10BrN3O3S2/c1-5-7(4-8(11)18-5)19(15,16)14-10-13-12-9(17-10)6-2-3-6/h4,6H,2-3H2,1H3,(H,13,14). The maximum absolute atomic E-state index is 12.2. The zero-order valence-electron chi connectivity index (χ0n) is 9.88. The van der Waals surface area contributed by atoms with Gasteiger partial charge in [0.15, 0.2) is 0 Å². The fourth-order valence-corrected chi connectivity index (χ4v) is 4.98. The van der Waals surface area contributed by atoms with Gasteiger partial charge in [0.1, 0.15) is 4.90 Å². The number of sulfonamides is 1. The molecule has 0 amide bonds. The lowest BCUT2D eigenvalue weighted by Crippen LogP contribution is -2.13. The Hall–Kier alpha value is -0.930. The Morgan fingerprint density at radius 1 is 1.47 bits per heavy atom. The third-order valence-corrected chi connectivity index (χ3v) is 5.85. The van der Waals surface area contributed by atoms with Crippen LogP contribution in [-0.4, -0.2) is 18.6 Å². The molecule has 1 N–H and O–H groups in total. The molecule has 1 fully saturated rings. The normalized spacial score (nSPS) is 15.7. The van der Waals surface area contributed by atoms with Crippen LogP contribution in [-0.2, 0) is 10.0 Å². The van der Waals surface area contributed by atoms with Crippen LogP contribution in [0.4, 0.5) is 6.01 Å². The van der Waals surface area contributed by atoms with E-state index >= 15 is 0 Å². The van der Waals surface area contributed by atoms with Crippen LogP contribution in [0.5, 0.6) is 0 Å². The zero-order valence-corrected chi connectivity index (χ0v) is 13.1. The van der Waals surface area contributed by atoms with Gasteiger partial charge in [-0.2, -0.15) is 0 Å². The lowest BCUT2D eigenvalue weighted by Gasteiger charge is -2.02. The van der Waals surface area contributed by atoms with Crippen LogP contribution >= 0.6 is 27.3 Å². The van der Waals surface area contributed by atoms with E-state index in [0.29, 0.717) is 16.7 Å². The van der Waals surface area contributed by atoms with Gasteiger partial charge in [0, 0.05) is 10.8 Å². The molecule has 6 nitrogen and oxygen atoms in total. The molecule has 0 aromatic carbocycles. The molecule has 0 spiro atoms. The van der Waals surface area contributed by atoms with Crippen LogP contribution in [0.15, 0.2) is 19.2 Å². The van der Waals surface area contributed by atoms with Crippen molar-refractivity contribution in [3.63, 3.8) is 0 Å². The highest BCUT2D eigenvalue weighted by Crippen LogP contribution is 2.39. The molecule has 1 aliphatic rings. The topological polar surface area (TPSA) is 85.1 Å². The summed E-state index contributed by atoms with van der Waals surface area (Å²) in [5.41, 5.74) is 0. The number of thiophene rings is 1. The van der Waals surface area contributed by atoms with Crippen LogP contribution in [0.2, 0.25) is 0 Å². The number of hydrogen-bond acceptors (Lipinski definition) is 6. The van der Waals surface area contributed by atoms with E-state index in [1.165, 1.54) is 11.3 Å². The molecule has 9 heteroatoms. The largest absolute Gasteiger partial charge is 0.407 e. The molecule has 0 saturated heterocycles. The second-order valence-electron chi connectivity index (χ2n) is 4.30. The molecular weight excluding hydrogens is 354 g/mol. The number of anilines is 1. The molecule has 1 saturated carbocycles. The molecule has 2 heterocycles. The number of hydrogen-bond donors (Lipinski definition) is 1. The lowest BCUT2D eigenvalue weighted by molar-refractivity contribution is 0.510. The smallest absolute Gasteiger partial charge is 0.329 e. The van der Waals surface area contributed by atoms with Gasteiger partial charge in [0.2, 0.25) is 5.89 Å². The number of nitrogens with one attached hydrogen (secondary N) is 1. The fourth-order valence-electron chi connectivity index (χ4n) is 1.64. The van der Waals surface area contributed by atoms with Gasteiger partial charge >= 0.3 is 6.01 Å². The van der Waals surface area contributed by atoms with Gasteiger partial charge in [0.05, 0.1) is 3.79 Å². The average molecular weight is 364 g/mol. The number of nitrogens with zero attached hydrogens (tertiary/aromatic N) is 2. The van der Waals surface area contributed by atoms with Crippen LogP contribution in [0, 0.1) is 6.92 Å². The molecule has 2 aromatic rings. The first-order valence-electron chi connectivity index (χ1n) is 5.58.